The van der Waals surface area contributed by atoms with Gasteiger partial charge < -0.3 is 19.9 Å². The quantitative estimate of drug-likeness (QED) is 0.384. The standard InChI is InChI=1S/C9H18N2O4/c1-11-9(12)8-15-7-6-14-5-4-13-3-2-10/h1-8,10H2. The highest BCUT2D eigenvalue weighted by Crippen LogP contribution is 1.82. The molecule has 88 valence electrons. The zero-order valence-electron chi connectivity index (χ0n) is 8.81. The summed E-state index contributed by atoms with van der Waals surface area (Å²) in [6.07, 6.45) is 0. The minimum atomic E-state index is -0.374. The summed E-state index contributed by atoms with van der Waals surface area (Å²) in [5.74, 6) is -0.374. The smallest absolute Gasteiger partial charge is 0.271 e. The zero-order valence-corrected chi connectivity index (χ0v) is 8.81. The lowest BCUT2D eigenvalue weighted by molar-refractivity contribution is -0.122. The van der Waals surface area contributed by atoms with Gasteiger partial charge in [0.25, 0.3) is 5.91 Å². The van der Waals surface area contributed by atoms with E-state index < -0.39 is 0 Å². The van der Waals surface area contributed by atoms with Crippen molar-refractivity contribution in [3.63, 3.8) is 0 Å². The first-order valence-corrected chi connectivity index (χ1v) is 4.74. The van der Waals surface area contributed by atoms with E-state index in [2.05, 4.69) is 11.7 Å². The number of rotatable bonds is 10. The van der Waals surface area contributed by atoms with Crippen LogP contribution in [0, 0.1) is 0 Å². The third-order valence-electron chi connectivity index (χ3n) is 1.41. The highest BCUT2D eigenvalue weighted by Gasteiger charge is 1.96. The fourth-order valence-electron chi connectivity index (χ4n) is 0.728. The Bertz CT molecular complexity index is 175. The minimum Gasteiger partial charge on any atom is -0.378 e. The maximum atomic E-state index is 10.6. The fourth-order valence-corrected chi connectivity index (χ4v) is 0.728. The predicted octanol–water partition coefficient (Wildman–Crippen LogP) is -0.778. The van der Waals surface area contributed by atoms with E-state index in [-0.39, 0.29) is 12.5 Å². The lowest BCUT2D eigenvalue weighted by Gasteiger charge is -2.04. The Balaban J connectivity index is 2.98. The molecule has 0 saturated carbocycles. The second-order valence-electron chi connectivity index (χ2n) is 2.62. The molecule has 0 fully saturated rings. The lowest BCUT2D eigenvalue weighted by Crippen LogP contribution is -2.14. The Labute approximate surface area is 89.4 Å². The van der Waals surface area contributed by atoms with E-state index >= 15 is 0 Å². The van der Waals surface area contributed by atoms with Crippen LogP contribution in [0.4, 0.5) is 0 Å². The Morgan fingerprint density at radius 2 is 1.60 bits per heavy atom. The van der Waals surface area contributed by atoms with Gasteiger partial charge in [-0.1, -0.05) is 0 Å². The van der Waals surface area contributed by atoms with Gasteiger partial charge in [-0.15, -0.1) is 0 Å². The summed E-state index contributed by atoms with van der Waals surface area (Å²) in [4.78, 5) is 13.8. The zero-order chi connectivity index (χ0) is 11.4. The molecule has 0 spiro atoms. The van der Waals surface area contributed by atoms with Gasteiger partial charge in [-0.3, -0.25) is 4.79 Å². The van der Waals surface area contributed by atoms with Gasteiger partial charge >= 0.3 is 0 Å². The Morgan fingerprint density at radius 1 is 1.07 bits per heavy atom. The first kappa shape index (κ1) is 14.2. The average Bonchev–Trinajstić information content (AvgIpc) is 2.26. The summed E-state index contributed by atoms with van der Waals surface area (Å²) < 4.78 is 15.2. The SMILES string of the molecule is C=NC(=O)COCCOCCOCCN. The van der Waals surface area contributed by atoms with E-state index in [1.807, 2.05) is 0 Å². The highest BCUT2D eigenvalue weighted by atomic mass is 16.5. The van der Waals surface area contributed by atoms with Crippen molar-refractivity contribution in [1.29, 1.82) is 0 Å². The van der Waals surface area contributed by atoms with E-state index in [9.17, 15) is 4.79 Å². The maximum absolute atomic E-state index is 10.6. The fraction of sp³-hybridized carbons (Fsp3) is 0.778. The topological polar surface area (TPSA) is 83.1 Å². The van der Waals surface area contributed by atoms with Gasteiger partial charge in [0.1, 0.15) is 6.61 Å². The summed E-state index contributed by atoms with van der Waals surface area (Å²) >= 11 is 0. The van der Waals surface area contributed by atoms with Gasteiger partial charge in [0.2, 0.25) is 0 Å². The molecule has 0 atom stereocenters. The number of hydrogen-bond donors (Lipinski definition) is 1. The summed E-state index contributed by atoms with van der Waals surface area (Å²) in [7, 11) is 0. The molecule has 0 aliphatic heterocycles. The average molecular weight is 218 g/mol. The molecule has 0 aromatic rings. The van der Waals surface area contributed by atoms with Crippen LogP contribution < -0.4 is 5.73 Å². The van der Waals surface area contributed by atoms with Gasteiger partial charge in [0, 0.05) is 6.54 Å². The van der Waals surface area contributed by atoms with Crippen molar-refractivity contribution < 1.29 is 19.0 Å². The van der Waals surface area contributed by atoms with Crippen LogP contribution in [-0.4, -0.2) is 58.8 Å². The number of nitrogens with two attached hydrogens (primary N) is 1. The van der Waals surface area contributed by atoms with E-state index in [4.69, 9.17) is 19.9 Å². The van der Waals surface area contributed by atoms with Crippen LogP contribution in [0.15, 0.2) is 4.99 Å². The molecule has 1 amide bonds. The van der Waals surface area contributed by atoms with Gasteiger partial charge in [-0.2, -0.15) is 0 Å². The molecule has 15 heavy (non-hydrogen) atoms. The third-order valence-corrected chi connectivity index (χ3v) is 1.41. The molecule has 0 aromatic carbocycles. The van der Waals surface area contributed by atoms with E-state index in [1.165, 1.54) is 0 Å². The van der Waals surface area contributed by atoms with Crippen LogP contribution in [-0.2, 0) is 19.0 Å². The predicted molar refractivity (Wildman–Crippen MR) is 56.1 cm³/mol. The molecule has 0 heterocycles. The molecule has 2 N–H and O–H groups in total. The molecule has 0 saturated heterocycles. The van der Waals surface area contributed by atoms with Gasteiger partial charge in [0.15, 0.2) is 0 Å². The van der Waals surface area contributed by atoms with Gasteiger partial charge in [-0.05, 0) is 6.72 Å². The van der Waals surface area contributed by atoms with Gasteiger partial charge in [-0.25, -0.2) is 4.99 Å². The normalized spacial score (nSPS) is 10.2. The molecule has 6 nitrogen and oxygen atoms in total. The van der Waals surface area contributed by atoms with Crippen LogP contribution >= 0.6 is 0 Å². The number of hydrogen-bond acceptors (Lipinski definition) is 5. The molecule has 6 heteroatoms. The summed E-state index contributed by atoms with van der Waals surface area (Å²) in [5, 5.41) is 0. The maximum Gasteiger partial charge on any atom is 0.271 e. The van der Waals surface area contributed by atoms with Gasteiger partial charge in [0.05, 0.1) is 33.0 Å². The van der Waals surface area contributed by atoms with E-state index in [1.54, 1.807) is 0 Å². The number of carbonyl (C=O) groups is 1. The van der Waals surface area contributed by atoms with Crippen LogP contribution in [0.3, 0.4) is 0 Å². The number of aliphatic imine (C=N–C) groups is 1. The van der Waals surface area contributed by atoms with Crippen LogP contribution in [0.5, 0.6) is 0 Å². The van der Waals surface area contributed by atoms with E-state index in [0.717, 1.165) is 0 Å². The molecule has 0 radical (unpaired) electrons. The molecule has 0 aliphatic rings. The Hall–Kier alpha value is -0.820. The number of ether oxygens (including phenoxy) is 3. The lowest BCUT2D eigenvalue weighted by atomic mass is 10.6. The minimum absolute atomic E-state index is 0.0451. The largest absolute Gasteiger partial charge is 0.378 e. The molecule has 0 aliphatic carbocycles. The number of nitrogens with zero attached hydrogens (tertiary/aromatic N) is 1. The molecular weight excluding hydrogens is 200 g/mol. The van der Waals surface area contributed by atoms with Crippen LogP contribution in [0.1, 0.15) is 0 Å². The van der Waals surface area contributed by atoms with Crippen LogP contribution in [0.2, 0.25) is 0 Å². The van der Waals surface area contributed by atoms with Crippen molar-refractivity contribution in [2.75, 3.05) is 46.2 Å². The molecule has 0 unspecified atom stereocenters. The van der Waals surface area contributed by atoms with E-state index in [0.29, 0.717) is 39.6 Å². The molecule has 0 aromatic heterocycles. The van der Waals surface area contributed by atoms with Crippen molar-refractivity contribution in [3.05, 3.63) is 0 Å². The highest BCUT2D eigenvalue weighted by molar-refractivity contribution is 5.81. The first-order valence-electron chi connectivity index (χ1n) is 4.74. The summed E-state index contributed by atoms with van der Waals surface area (Å²) in [5.41, 5.74) is 5.22. The Kier molecular flexibility index (Phi) is 10.6. The second kappa shape index (κ2) is 11.3. The monoisotopic (exact) mass is 218 g/mol. The first-order chi connectivity index (χ1) is 7.31. The molecular formula is C9H18N2O4. The number of amides is 1. The summed E-state index contributed by atoms with van der Waals surface area (Å²) in [6.45, 7) is 5.89. The molecule has 0 rings (SSSR count). The third kappa shape index (κ3) is 11.1. The van der Waals surface area contributed by atoms with Crippen molar-refractivity contribution in [2.45, 2.75) is 0 Å². The van der Waals surface area contributed by atoms with Crippen molar-refractivity contribution >= 4 is 12.6 Å². The Morgan fingerprint density at radius 3 is 2.13 bits per heavy atom. The number of carbonyl (C=O) groups excluding carboxylic acids is 1. The second-order valence-corrected chi connectivity index (χ2v) is 2.62. The van der Waals surface area contributed by atoms with Crippen molar-refractivity contribution in [1.82, 2.24) is 0 Å². The van der Waals surface area contributed by atoms with Crippen LogP contribution in [0.25, 0.3) is 0 Å². The van der Waals surface area contributed by atoms with Crippen molar-refractivity contribution in [2.24, 2.45) is 10.7 Å². The summed E-state index contributed by atoms with van der Waals surface area (Å²) in [6, 6.07) is 0. The molecule has 0 bridgehead atoms. The van der Waals surface area contributed by atoms with Crippen molar-refractivity contribution in [3.8, 4) is 0 Å².